The summed E-state index contributed by atoms with van der Waals surface area (Å²) in [6.07, 6.45) is 3.03. The van der Waals surface area contributed by atoms with Gasteiger partial charge >= 0.3 is 0 Å². The van der Waals surface area contributed by atoms with Crippen molar-refractivity contribution in [2.24, 2.45) is 5.73 Å². The summed E-state index contributed by atoms with van der Waals surface area (Å²) in [5.41, 5.74) is 10.2. The molecule has 1 saturated heterocycles. The van der Waals surface area contributed by atoms with Gasteiger partial charge in [-0.1, -0.05) is 29.3 Å². The predicted octanol–water partition coefficient (Wildman–Crippen LogP) is 3.73. The SMILES string of the molecule is Cc1nc2c(c(-c3ccc(Cl)cc3Cl)c1CN)C(=O)N(C[C@@H]1CCCN1S(=O)(=O)C1CC1)C2. The van der Waals surface area contributed by atoms with Crippen molar-refractivity contribution in [3.63, 3.8) is 0 Å². The fourth-order valence-corrected chi connectivity index (χ4v) is 7.67. The van der Waals surface area contributed by atoms with Crippen LogP contribution in [0.4, 0.5) is 0 Å². The molecule has 33 heavy (non-hydrogen) atoms. The number of sulfonamides is 1. The highest BCUT2D eigenvalue weighted by Gasteiger charge is 2.46. The van der Waals surface area contributed by atoms with E-state index >= 15 is 0 Å². The van der Waals surface area contributed by atoms with Crippen LogP contribution in [0, 0.1) is 6.92 Å². The molecule has 1 aliphatic carbocycles. The van der Waals surface area contributed by atoms with Crippen molar-refractivity contribution in [3.8, 4) is 11.1 Å². The Kier molecular flexibility index (Phi) is 5.94. The molecule has 1 saturated carbocycles. The van der Waals surface area contributed by atoms with Crippen LogP contribution in [0.5, 0.6) is 0 Å². The van der Waals surface area contributed by atoms with Crippen LogP contribution in [-0.2, 0) is 23.1 Å². The molecule has 3 aliphatic rings. The van der Waals surface area contributed by atoms with Gasteiger partial charge in [0, 0.05) is 52.5 Å². The van der Waals surface area contributed by atoms with Gasteiger partial charge in [0.1, 0.15) is 0 Å². The summed E-state index contributed by atoms with van der Waals surface area (Å²) >= 11 is 12.6. The van der Waals surface area contributed by atoms with Gasteiger partial charge in [-0.05, 0) is 50.3 Å². The molecular weight excluding hydrogens is 483 g/mol. The van der Waals surface area contributed by atoms with E-state index in [1.807, 2.05) is 6.92 Å². The van der Waals surface area contributed by atoms with Gasteiger partial charge in [-0.3, -0.25) is 9.78 Å². The fraction of sp³-hybridized carbons (Fsp3) is 0.478. The van der Waals surface area contributed by atoms with E-state index in [-0.39, 0.29) is 23.7 Å². The van der Waals surface area contributed by atoms with Crippen molar-refractivity contribution < 1.29 is 13.2 Å². The van der Waals surface area contributed by atoms with Crippen LogP contribution in [0.3, 0.4) is 0 Å². The maximum Gasteiger partial charge on any atom is 0.256 e. The van der Waals surface area contributed by atoms with Crippen LogP contribution in [0.2, 0.25) is 10.0 Å². The van der Waals surface area contributed by atoms with Crippen LogP contribution < -0.4 is 5.73 Å². The Hall–Kier alpha value is -1.71. The van der Waals surface area contributed by atoms with Crippen molar-refractivity contribution in [1.82, 2.24) is 14.2 Å². The predicted molar refractivity (Wildman–Crippen MR) is 129 cm³/mol. The lowest BCUT2D eigenvalue weighted by molar-refractivity contribution is 0.0751. The number of nitrogens with two attached hydrogens (primary N) is 1. The molecule has 176 valence electrons. The van der Waals surface area contributed by atoms with Crippen LogP contribution in [0.15, 0.2) is 18.2 Å². The standard InChI is InChI=1S/C23H26Cl2N4O3S/c1-13-18(10-26)21(17-7-4-14(24)9-19(17)25)22-20(27-13)12-28(23(22)30)11-15-3-2-8-29(15)33(31,32)16-5-6-16/h4,7,9,15-16H,2-3,5-6,8,10-12,26H2,1H3/t15-/m0/s1. The number of pyridine rings is 1. The number of amides is 1. The first-order chi connectivity index (χ1) is 15.7. The van der Waals surface area contributed by atoms with E-state index in [1.165, 1.54) is 0 Å². The summed E-state index contributed by atoms with van der Waals surface area (Å²) in [5.74, 6) is -0.163. The molecule has 7 nitrogen and oxygen atoms in total. The molecule has 1 aromatic carbocycles. The number of aryl methyl sites for hydroxylation is 1. The molecule has 10 heteroatoms. The molecule has 2 aliphatic heterocycles. The van der Waals surface area contributed by atoms with Gasteiger partial charge in [0.15, 0.2) is 0 Å². The molecular formula is C23H26Cl2N4O3S. The monoisotopic (exact) mass is 508 g/mol. The van der Waals surface area contributed by atoms with Crippen LogP contribution in [-0.4, -0.2) is 52.9 Å². The van der Waals surface area contributed by atoms with Gasteiger partial charge < -0.3 is 10.6 Å². The molecule has 1 amide bonds. The Morgan fingerprint density at radius 1 is 1.18 bits per heavy atom. The lowest BCUT2D eigenvalue weighted by atomic mass is 9.93. The molecule has 2 fully saturated rings. The molecule has 0 spiro atoms. The zero-order chi connectivity index (χ0) is 23.5. The third-order valence-electron chi connectivity index (χ3n) is 6.85. The first kappa shape index (κ1) is 23.1. The molecule has 0 radical (unpaired) electrons. The Bertz CT molecular complexity index is 1250. The summed E-state index contributed by atoms with van der Waals surface area (Å²) in [6, 6.07) is 4.99. The van der Waals surface area contributed by atoms with Gasteiger partial charge in [-0.2, -0.15) is 4.31 Å². The number of fused-ring (bicyclic) bond motifs is 1. The van der Waals surface area contributed by atoms with Gasteiger partial charge in [0.05, 0.1) is 23.1 Å². The maximum absolute atomic E-state index is 13.6. The number of halogens is 2. The molecule has 1 aromatic heterocycles. The fourth-order valence-electron chi connectivity index (χ4n) is 5.08. The zero-order valence-electron chi connectivity index (χ0n) is 18.4. The second kappa shape index (κ2) is 8.50. The third-order valence-corrected chi connectivity index (χ3v) is 9.85. The summed E-state index contributed by atoms with van der Waals surface area (Å²) in [6.45, 7) is 3.31. The highest BCUT2D eigenvalue weighted by atomic mass is 35.5. The van der Waals surface area contributed by atoms with Gasteiger partial charge in [0.25, 0.3) is 5.91 Å². The molecule has 2 aromatic rings. The number of carbonyl (C=O) groups is 1. The van der Waals surface area contributed by atoms with E-state index in [0.717, 1.165) is 36.9 Å². The van der Waals surface area contributed by atoms with Crippen LogP contribution in [0.1, 0.15) is 53.0 Å². The van der Waals surface area contributed by atoms with Crippen molar-refractivity contribution in [3.05, 3.63) is 50.8 Å². The minimum atomic E-state index is -3.29. The van der Waals surface area contributed by atoms with E-state index in [1.54, 1.807) is 27.4 Å². The Labute approximate surface area is 203 Å². The van der Waals surface area contributed by atoms with Crippen LogP contribution in [0.25, 0.3) is 11.1 Å². The normalized spacial score (nSPS) is 21.2. The van der Waals surface area contributed by atoms with Crippen molar-refractivity contribution in [2.75, 3.05) is 13.1 Å². The number of carbonyl (C=O) groups excluding carboxylic acids is 1. The smallest absolute Gasteiger partial charge is 0.256 e. The number of aromatic nitrogens is 1. The van der Waals surface area contributed by atoms with Gasteiger partial charge in [-0.25, -0.2) is 8.42 Å². The minimum absolute atomic E-state index is 0.163. The third kappa shape index (κ3) is 3.96. The first-order valence-electron chi connectivity index (χ1n) is 11.2. The van der Waals surface area contributed by atoms with Crippen molar-refractivity contribution in [1.29, 1.82) is 0 Å². The molecule has 0 unspecified atom stereocenters. The van der Waals surface area contributed by atoms with E-state index in [0.29, 0.717) is 52.1 Å². The Morgan fingerprint density at radius 2 is 1.94 bits per heavy atom. The van der Waals surface area contributed by atoms with E-state index in [4.69, 9.17) is 33.9 Å². The van der Waals surface area contributed by atoms with Crippen molar-refractivity contribution >= 4 is 39.1 Å². The van der Waals surface area contributed by atoms with Crippen molar-refractivity contribution in [2.45, 2.75) is 57.0 Å². The lowest BCUT2D eigenvalue weighted by Crippen LogP contribution is -2.44. The lowest BCUT2D eigenvalue weighted by Gasteiger charge is -2.28. The van der Waals surface area contributed by atoms with Gasteiger partial charge in [-0.15, -0.1) is 0 Å². The second-order valence-electron chi connectivity index (χ2n) is 9.04. The number of hydrogen-bond donors (Lipinski definition) is 1. The molecule has 2 N–H and O–H groups in total. The average molecular weight is 509 g/mol. The summed E-state index contributed by atoms with van der Waals surface area (Å²) in [4.78, 5) is 20.1. The topological polar surface area (TPSA) is 96.6 Å². The number of nitrogens with zero attached hydrogens (tertiary/aromatic N) is 3. The summed E-state index contributed by atoms with van der Waals surface area (Å²) in [7, 11) is -3.29. The number of benzene rings is 1. The molecule has 3 heterocycles. The number of hydrogen-bond acceptors (Lipinski definition) is 5. The average Bonchev–Trinajstić information content (AvgIpc) is 3.45. The largest absolute Gasteiger partial charge is 0.331 e. The van der Waals surface area contributed by atoms with E-state index in [2.05, 4.69) is 0 Å². The molecule has 0 bridgehead atoms. The highest BCUT2D eigenvalue weighted by Crippen LogP contribution is 2.41. The van der Waals surface area contributed by atoms with Crippen LogP contribution >= 0.6 is 23.2 Å². The zero-order valence-corrected chi connectivity index (χ0v) is 20.7. The number of rotatable bonds is 6. The Balaban J connectivity index is 1.51. The summed E-state index contributed by atoms with van der Waals surface area (Å²) in [5, 5.41) is 0.694. The maximum atomic E-state index is 13.6. The summed E-state index contributed by atoms with van der Waals surface area (Å²) < 4.78 is 27.4. The van der Waals surface area contributed by atoms with E-state index in [9.17, 15) is 13.2 Å². The quantitative estimate of drug-likeness (QED) is 0.640. The van der Waals surface area contributed by atoms with E-state index < -0.39 is 10.0 Å². The first-order valence-corrected chi connectivity index (χ1v) is 13.5. The minimum Gasteiger partial charge on any atom is -0.331 e. The molecule has 5 rings (SSSR count). The second-order valence-corrected chi connectivity index (χ2v) is 12.0. The molecule has 1 atom stereocenters. The highest BCUT2D eigenvalue weighted by molar-refractivity contribution is 7.90. The van der Waals surface area contributed by atoms with Gasteiger partial charge in [0.2, 0.25) is 10.0 Å². The Morgan fingerprint density at radius 3 is 2.61 bits per heavy atom.